The summed E-state index contributed by atoms with van der Waals surface area (Å²) in [7, 11) is 0. The monoisotopic (exact) mass is 343 g/mol. The highest BCUT2D eigenvalue weighted by molar-refractivity contribution is 8.01. The van der Waals surface area contributed by atoms with Gasteiger partial charge in [0.25, 0.3) is 0 Å². The number of nitrogens with zero attached hydrogens (tertiary/aromatic N) is 2. The van der Waals surface area contributed by atoms with E-state index in [0.717, 1.165) is 6.42 Å². The quantitative estimate of drug-likeness (QED) is 0.437. The third-order valence-corrected chi connectivity index (χ3v) is 4.47. The fourth-order valence-corrected chi connectivity index (χ4v) is 2.95. The molecule has 0 aromatic carbocycles. The first kappa shape index (κ1) is 18.4. The Morgan fingerprint density at radius 1 is 1.45 bits per heavy atom. The average Bonchev–Trinajstić information content (AvgIpc) is 2.96. The van der Waals surface area contributed by atoms with Crippen molar-refractivity contribution in [1.82, 2.24) is 20.8 Å². The third kappa shape index (κ3) is 6.90. The molecule has 22 heavy (non-hydrogen) atoms. The van der Waals surface area contributed by atoms with Crippen molar-refractivity contribution in [3.05, 3.63) is 12.7 Å². The molecule has 0 aliphatic heterocycles. The van der Waals surface area contributed by atoms with E-state index < -0.39 is 6.04 Å². The molecule has 0 unspecified atom stereocenters. The molecule has 0 aliphatic carbocycles. The van der Waals surface area contributed by atoms with Crippen LogP contribution in [0.5, 0.6) is 0 Å². The molecule has 0 aliphatic rings. The minimum atomic E-state index is -0.543. The summed E-state index contributed by atoms with van der Waals surface area (Å²) in [5, 5.41) is 17.0. The van der Waals surface area contributed by atoms with Crippen molar-refractivity contribution in [3.63, 3.8) is 0 Å². The number of aromatic nitrogens is 2. The number of carbonyl (C=O) groups excluding carboxylic acids is 2. The van der Waals surface area contributed by atoms with Gasteiger partial charge in [0, 0.05) is 13.1 Å². The number of rotatable bonds is 10. The Labute approximate surface area is 138 Å². The minimum Gasteiger partial charge on any atom is -0.357 e. The molecule has 0 radical (unpaired) electrons. The number of thioether (sulfide) groups is 1. The van der Waals surface area contributed by atoms with E-state index in [1.54, 1.807) is 13.0 Å². The second-order valence-corrected chi connectivity index (χ2v) is 6.61. The first-order valence-electron chi connectivity index (χ1n) is 6.95. The van der Waals surface area contributed by atoms with Crippen molar-refractivity contribution in [3.8, 4) is 0 Å². The van der Waals surface area contributed by atoms with Crippen molar-refractivity contribution in [2.75, 3.05) is 24.2 Å². The van der Waals surface area contributed by atoms with Gasteiger partial charge in [-0.25, -0.2) is 0 Å². The molecule has 1 atom stereocenters. The zero-order valence-electron chi connectivity index (χ0n) is 12.7. The highest BCUT2D eigenvalue weighted by Crippen LogP contribution is 2.24. The van der Waals surface area contributed by atoms with Crippen LogP contribution in [0.15, 0.2) is 17.0 Å². The van der Waals surface area contributed by atoms with Gasteiger partial charge in [-0.2, -0.15) is 0 Å². The Morgan fingerprint density at radius 2 is 2.23 bits per heavy atom. The van der Waals surface area contributed by atoms with Gasteiger partial charge in [-0.15, -0.1) is 16.8 Å². The van der Waals surface area contributed by atoms with E-state index in [-0.39, 0.29) is 17.6 Å². The van der Waals surface area contributed by atoms with Gasteiger partial charge >= 0.3 is 0 Å². The van der Waals surface area contributed by atoms with Gasteiger partial charge in [-0.3, -0.25) is 9.59 Å². The van der Waals surface area contributed by atoms with Gasteiger partial charge in [0.05, 0.1) is 5.75 Å². The minimum absolute atomic E-state index is 0.174. The molecule has 122 valence electrons. The predicted molar refractivity (Wildman–Crippen MR) is 90.2 cm³/mol. The lowest BCUT2D eigenvalue weighted by Gasteiger charge is -2.13. The molecule has 0 saturated heterocycles. The van der Waals surface area contributed by atoms with E-state index in [1.165, 1.54) is 23.1 Å². The molecule has 1 heterocycles. The third-order valence-electron chi connectivity index (χ3n) is 2.45. The lowest BCUT2D eigenvalue weighted by atomic mass is 10.3. The average molecular weight is 343 g/mol. The molecular weight excluding hydrogens is 322 g/mol. The maximum absolute atomic E-state index is 11.8. The van der Waals surface area contributed by atoms with Crippen LogP contribution in [-0.2, 0) is 9.59 Å². The second-order valence-electron chi connectivity index (χ2n) is 4.41. The van der Waals surface area contributed by atoms with Crippen molar-refractivity contribution in [2.45, 2.75) is 30.6 Å². The van der Waals surface area contributed by atoms with E-state index in [2.05, 4.69) is 32.7 Å². The lowest BCUT2D eigenvalue weighted by molar-refractivity contribution is -0.127. The second kappa shape index (κ2) is 10.2. The Kier molecular flexibility index (Phi) is 8.53. The number of carbonyl (C=O) groups is 2. The number of amides is 2. The molecule has 0 bridgehead atoms. The predicted octanol–water partition coefficient (Wildman–Crippen LogP) is 1.26. The first-order chi connectivity index (χ1) is 10.6. The summed E-state index contributed by atoms with van der Waals surface area (Å²) in [6, 6.07) is -0.543. The fourth-order valence-electron chi connectivity index (χ4n) is 1.38. The molecular formula is C13H21N5O2S2. The van der Waals surface area contributed by atoms with Crippen LogP contribution in [0.3, 0.4) is 0 Å². The van der Waals surface area contributed by atoms with E-state index in [0.29, 0.717) is 22.6 Å². The summed E-state index contributed by atoms with van der Waals surface area (Å²) < 4.78 is 0.699. The summed E-state index contributed by atoms with van der Waals surface area (Å²) in [6.07, 6.45) is 2.59. The molecule has 1 aromatic heterocycles. The van der Waals surface area contributed by atoms with Crippen LogP contribution >= 0.6 is 23.1 Å². The van der Waals surface area contributed by atoms with Gasteiger partial charge in [-0.05, 0) is 13.3 Å². The first-order valence-corrected chi connectivity index (χ1v) is 8.75. The molecule has 2 amide bonds. The molecule has 1 aromatic rings. The maximum atomic E-state index is 11.8. The SMILES string of the molecule is C=CCNc1nnc(SCC(=O)N[C@@H](C)C(=O)NCCC)s1. The molecule has 1 rings (SSSR count). The zero-order valence-corrected chi connectivity index (χ0v) is 14.4. The van der Waals surface area contributed by atoms with E-state index in [9.17, 15) is 9.59 Å². The molecule has 0 spiro atoms. The summed E-state index contributed by atoms with van der Waals surface area (Å²) >= 11 is 2.66. The smallest absolute Gasteiger partial charge is 0.242 e. The zero-order chi connectivity index (χ0) is 16.4. The van der Waals surface area contributed by atoms with E-state index in [4.69, 9.17) is 0 Å². The van der Waals surface area contributed by atoms with Gasteiger partial charge < -0.3 is 16.0 Å². The van der Waals surface area contributed by atoms with Gasteiger partial charge in [0.15, 0.2) is 4.34 Å². The van der Waals surface area contributed by atoms with E-state index in [1.807, 2.05) is 6.92 Å². The van der Waals surface area contributed by atoms with Gasteiger partial charge in [0.1, 0.15) is 6.04 Å². The Hall–Kier alpha value is -1.61. The van der Waals surface area contributed by atoms with Crippen LogP contribution in [0.25, 0.3) is 0 Å². The maximum Gasteiger partial charge on any atom is 0.242 e. The topological polar surface area (TPSA) is 96.0 Å². The van der Waals surface area contributed by atoms with Crippen LogP contribution < -0.4 is 16.0 Å². The highest BCUT2D eigenvalue weighted by atomic mass is 32.2. The molecule has 7 nitrogen and oxygen atoms in total. The van der Waals surface area contributed by atoms with Crippen molar-refractivity contribution >= 4 is 40.0 Å². The molecule has 0 saturated carbocycles. The molecule has 3 N–H and O–H groups in total. The Balaban J connectivity index is 2.31. The normalized spacial score (nSPS) is 11.5. The van der Waals surface area contributed by atoms with Crippen LogP contribution in [0.1, 0.15) is 20.3 Å². The fraction of sp³-hybridized carbons (Fsp3) is 0.538. The number of anilines is 1. The number of hydrogen-bond donors (Lipinski definition) is 3. The van der Waals surface area contributed by atoms with Gasteiger partial charge in [-0.1, -0.05) is 36.1 Å². The van der Waals surface area contributed by atoms with Crippen molar-refractivity contribution in [1.29, 1.82) is 0 Å². The van der Waals surface area contributed by atoms with Crippen molar-refractivity contribution in [2.24, 2.45) is 0 Å². The molecule has 0 fully saturated rings. The van der Waals surface area contributed by atoms with Gasteiger partial charge in [0.2, 0.25) is 16.9 Å². The largest absolute Gasteiger partial charge is 0.357 e. The Bertz CT molecular complexity index is 506. The summed E-state index contributed by atoms with van der Waals surface area (Å²) in [4.78, 5) is 23.4. The van der Waals surface area contributed by atoms with E-state index >= 15 is 0 Å². The standard InChI is InChI=1S/C13H21N5O2S2/c1-4-6-14-11(20)9(3)16-10(19)8-21-13-18-17-12(22-13)15-7-5-2/h5,9H,2,4,6-8H2,1,3H3,(H,14,20)(H,15,17)(H,16,19)/t9-/m0/s1. The summed E-state index contributed by atoms with van der Waals surface area (Å²) in [5.41, 5.74) is 0. The highest BCUT2D eigenvalue weighted by Gasteiger charge is 2.15. The van der Waals surface area contributed by atoms with Crippen LogP contribution in [0.2, 0.25) is 0 Å². The summed E-state index contributed by atoms with van der Waals surface area (Å²) in [6.45, 7) is 8.47. The van der Waals surface area contributed by atoms with Crippen LogP contribution in [-0.4, -0.2) is 46.9 Å². The van der Waals surface area contributed by atoms with Crippen LogP contribution in [0, 0.1) is 0 Å². The molecule has 9 heteroatoms. The van der Waals surface area contributed by atoms with Crippen LogP contribution in [0.4, 0.5) is 5.13 Å². The number of hydrogen-bond acceptors (Lipinski definition) is 7. The van der Waals surface area contributed by atoms with Crippen molar-refractivity contribution < 1.29 is 9.59 Å². The summed E-state index contributed by atoms with van der Waals surface area (Å²) in [5.74, 6) is -0.187. The number of nitrogens with one attached hydrogen (secondary N) is 3. The Morgan fingerprint density at radius 3 is 2.91 bits per heavy atom. The lowest BCUT2D eigenvalue weighted by Crippen LogP contribution is -2.45.